The molecule has 6 nitrogen and oxygen atoms in total. The lowest BCUT2D eigenvalue weighted by Crippen LogP contribution is -2.41. The van der Waals surface area contributed by atoms with Gasteiger partial charge < -0.3 is 20.3 Å². The first-order valence-electron chi connectivity index (χ1n) is 9.17. The van der Waals surface area contributed by atoms with Crippen LogP contribution in [0, 0.1) is 5.92 Å². The lowest BCUT2D eigenvalue weighted by molar-refractivity contribution is -0.137. The molecule has 0 bridgehead atoms. The van der Waals surface area contributed by atoms with Gasteiger partial charge in [0.1, 0.15) is 5.82 Å². The average molecular weight is 515 g/mol. The first-order chi connectivity index (χ1) is 12.9. The number of ether oxygens (including phenoxy) is 1. The standard InChI is InChI=1S/C18H28F3N5O.HI/c1-22-17(26(2)11-5-14-6-12-27-13-7-14)25-10-9-24-16-15(18(19,20)21)4-3-8-23-16;/h3-4,8,14H,5-7,9-13H2,1-2H3,(H,22,25)(H,23,24);1H. The Bertz CT molecular complexity index is 609. The van der Waals surface area contributed by atoms with Crippen LogP contribution in [-0.2, 0) is 10.9 Å². The Hall–Kier alpha value is -1.30. The first-order valence-corrected chi connectivity index (χ1v) is 9.17. The summed E-state index contributed by atoms with van der Waals surface area (Å²) in [7, 11) is 3.66. The molecule has 10 heteroatoms. The molecule has 1 aromatic rings. The highest BCUT2D eigenvalue weighted by atomic mass is 127. The molecule has 28 heavy (non-hydrogen) atoms. The fraction of sp³-hybridized carbons (Fsp3) is 0.667. The van der Waals surface area contributed by atoms with Crippen molar-refractivity contribution < 1.29 is 17.9 Å². The van der Waals surface area contributed by atoms with Crippen LogP contribution in [0.3, 0.4) is 0 Å². The van der Waals surface area contributed by atoms with Crippen molar-refractivity contribution >= 4 is 35.8 Å². The van der Waals surface area contributed by atoms with E-state index < -0.39 is 11.7 Å². The Balaban J connectivity index is 0.00000392. The zero-order valence-corrected chi connectivity index (χ0v) is 18.6. The lowest BCUT2D eigenvalue weighted by Gasteiger charge is -2.27. The van der Waals surface area contributed by atoms with Crippen LogP contribution in [0.1, 0.15) is 24.8 Å². The molecule has 0 spiro atoms. The van der Waals surface area contributed by atoms with E-state index >= 15 is 0 Å². The van der Waals surface area contributed by atoms with Gasteiger partial charge in [-0.3, -0.25) is 4.99 Å². The van der Waals surface area contributed by atoms with Crippen molar-refractivity contribution in [3.63, 3.8) is 0 Å². The summed E-state index contributed by atoms with van der Waals surface area (Å²) in [5, 5.41) is 5.91. The van der Waals surface area contributed by atoms with Crippen LogP contribution < -0.4 is 10.6 Å². The zero-order valence-electron chi connectivity index (χ0n) is 16.3. The largest absolute Gasteiger partial charge is 0.419 e. The van der Waals surface area contributed by atoms with Crippen LogP contribution in [0.25, 0.3) is 0 Å². The number of pyridine rings is 1. The predicted octanol–water partition coefficient (Wildman–Crippen LogP) is 3.45. The van der Waals surface area contributed by atoms with Crippen molar-refractivity contribution in [2.24, 2.45) is 10.9 Å². The summed E-state index contributed by atoms with van der Waals surface area (Å²) >= 11 is 0. The molecule has 2 rings (SSSR count). The molecule has 2 heterocycles. The maximum absolute atomic E-state index is 13.0. The third-order valence-corrected chi connectivity index (χ3v) is 4.60. The number of aromatic nitrogens is 1. The summed E-state index contributed by atoms with van der Waals surface area (Å²) in [5.41, 5.74) is -0.761. The number of alkyl halides is 3. The number of anilines is 1. The lowest BCUT2D eigenvalue weighted by atomic mass is 9.96. The SMILES string of the molecule is CN=C(NCCNc1ncccc1C(F)(F)F)N(C)CCC1CCOCC1.I. The minimum atomic E-state index is -4.43. The zero-order chi connectivity index (χ0) is 19.7. The van der Waals surface area contributed by atoms with Crippen LogP contribution in [0.5, 0.6) is 0 Å². The number of nitrogens with zero attached hydrogens (tertiary/aromatic N) is 3. The summed E-state index contributed by atoms with van der Waals surface area (Å²) < 4.78 is 44.2. The quantitative estimate of drug-likeness (QED) is 0.252. The minimum absolute atomic E-state index is 0. The Morgan fingerprint density at radius 1 is 1.32 bits per heavy atom. The van der Waals surface area contributed by atoms with Crippen LogP contribution in [0.4, 0.5) is 19.0 Å². The molecule has 0 aromatic carbocycles. The summed E-state index contributed by atoms with van der Waals surface area (Å²) in [6.07, 6.45) is 0.172. The molecule has 2 N–H and O–H groups in total. The van der Waals surface area contributed by atoms with E-state index in [1.54, 1.807) is 7.05 Å². The molecule has 1 aliphatic rings. The van der Waals surface area contributed by atoms with E-state index in [0.717, 1.165) is 51.0 Å². The molecule has 0 saturated carbocycles. The van der Waals surface area contributed by atoms with E-state index in [-0.39, 0.29) is 29.8 Å². The van der Waals surface area contributed by atoms with E-state index in [4.69, 9.17) is 4.74 Å². The fourth-order valence-corrected chi connectivity index (χ4v) is 3.03. The smallest absolute Gasteiger partial charge is 0.381 e. The highest BCUT2D eigenvalue weighted by Gasteiger charge is 2.33. The summed E-state index contributed by atoms with van der Waals surface area (Å²) in [5.74, 6) is 1.24. The minimum Gasteiger partial charge on any atom is -0.381 e. The number of rotatable bonds is 7. The highest BCUT2D eigenvalue weighted by Crippen LogP contribution is 2.33. The third-order valence-electron chi connectivity index (χ3n) is 4.60. The van der Waals surface area contributed by atoms with Crippen molar-refractivity contribution in [3.8, 4) is 0 Å². The van der Waals surface area contributed by atoms with E-state index in [9.17, 15) is 13.2 Å². The second-order valence-electron chi connectivity index (χ2n) is 6.56. The topological polar surface area (TPSA) is 61.8 Å². The van der Waals surface area contributed by atoms with Gasteiger partial charge in [-0.25, -0.2) is 4.98 Å². The van der Waals surface area contributed by atoms with Gasteiger partial charge >= 0.3 is 6.18 Å². The van der Waals surface area contributed by atoms with Crippen LogP contribution >= 0.6 is 24.0 Å². The van der Waals surface area contributed by atoms with Gasteiger partial charge in [-0.05, 0) is 37.3 Å². The molecular weight excluding hydrogens is 486 g/mol. The molecule has 1 saturated heterocycles. The second kappa shape index (κ2) is 12.3. The van der Waals surface area contributed by atoms with Gasteiger partial charge in [0.2, 0.25) is 0 Å². The second-order valence-corrected chi connectivity index (χ2v) is 6.56. The Morgan fingerprint density at radius 2 is 2.04 bits per heavy atom. The van der Waals surface area contributed by atoms with Crippen molar-refractivity contribution in [3.05, 3.63) is 23.9 Å². The third kappa shape index (κ3) is 7.98. The van der Waals surface area contributed by atoms with Crippen molar-refractivity contribution in [2.45, 2.75) is 25.4 Å². The number of guanidine groups is 1. The maximum atomic E-state index is 13.0. The highest BCUT2D eigenvalue weighted by molar-refractivity contribution is 14.0. The Morgan fingerprint density at radius 3 is 2.68 bits per heavy atom. The predicted molar refractivity (Wildman–Crippen MR) is 115 cm³/mol. The van der Waals surface area contributed by atoms with Gasteiger partial charge in [-0.15, -0.1) is 24.0 Å². The van der Waals surface area contributed by atoms with Crippen LogP contribution in [-0.4, -0.2) is 62.8 Å². The summed E-state index contributed by atoms with van der Waals surface area (Å²) in [6.45, 7) is 3.27. The number of hydrogen-bond donors (Lipinski definition) is 2. The van der Waals surface area contributed by atoms with E-state index in [0.29, 0.717) is 19.0 Å². The van der Waals surface area contributed by atoms with Gasteiger partial charge in [0.25, 0.3) is 0 Å². The molecule has 1 fully saturated rings. The summed E-state index contributed by atoms with van der Waals surface area (Å²) in [4.78, 5) is 10.1. The van der Waals surface area contributed by atoms with E-state index in [1.165, 1.54) is 12.3 Å². The number of halogens is 4. The molecule has 160 valence electrons. The first kappa shape index (κ1) is 24.7. The van der Waals surface area contributed by atoms with Gasteiger partial charge in [0.05, 0.1) is 5.56 Å². The van der Waals surface area contributed by atoms with E-state index in [1.807, 2.05) is 11.9 Å². The Kier molecular flexibility index (Phi) is 10.9. The van der Waals surface area contributed by atoms with Crippen molar-refractivity contribution in [1.29, 1.82) is 0 Å². The van der Waals surface area contributed by atoms with Gasteiger partial charge in [0.15, 0.2) is 5.96 Å². The van der Waals surface area contributed by atoms with Gasteiger partial charge in [-0.1, -0.05) is 0 Å². The maximum Gasteiger partial charge on any atom is 0.419 e. The monoisotopic (exact) mass is 515 g/mol. The van der Waals surface area contributed by atoms with Gasteiger partial charge in [-0.2, -0.15) is 13.2 Å². The Labute approximate surface area is 181 Å². The summed E-state index contributed by atoms with van der Waals surface area (Å²) in [6, 6.07) is 2.30. The van der Waals surface area contributed by atoms with Crippen LogP contribution in [0.15, 0.2) is 23.3 Å². The number of aliphatic imine (C=N–C) groups is 1. The molecule has 0 unspecified atom stereocenters. The van der Waals surface area contributed by atoms with Crippen LogP contribution in [0.2, 0.25) is 0 Å². The molecular formula is C18H29F3IN5O. The number of nitrogens with one attached hydrogen (secondary N) is 2. The van der Waals surface area contributed by atoms with E-state index in [2.05, 4.69) is 20.6 Å². The van der Waals surface area contributed by atoms with Gasteiger partial charge in [0, 0.05) is 53.1 Å². The molecule has 1 aliphatic heterocycles. The number of hydrogen-bond acceptors (Lipinski definition) is 4. The normalized spacial score (nSPS) is 15.7. The molecule has 0 radical (unpaired) electrons. The average Bonchev–Trinajstić information content (AvgIpc) is 2.66. The van der Waals surface area contributed by atoms with Crippen molar-refractivity contribution in [2.75, 3.05) is 52.3 Å². The molecule has 0 amide bonds. The molecule has 0 aliphatic carbocycles. The molecule has 1 aromatic heterocycles. The molecule has 0 atom stereocenters. The fourth-order valence-electron chi connectivity index (χ4n) is 3.03. The van der Waals surface area contributed by atoms with Crippen molar-refractivity contribution in [1.82, 2.24) is 15.2 Å².